The number of benzene rings is 3. The fourth-order valence-corrected chi connectivity index (χ4v) is 5.85. The maximum atomic E-state index is 13.1. The zero-order valence-corrected chi connectivity index (χ0v) is 26.0. The molecule has 3 N–H and O–H groups in total. The second-order valence-corrected chi connectivity index (χ2v) is 11.7. The molecule has 4 bridgehead atoms. The van der Waals surface area contributed by atoms with Crippen LogP contribution in [0, 0.1) is 0 Å². The van der Waals surface area contributed by atoms with Gasteiger partial charge in [0.15, 0.2) is 0 Å². The summed E-state index contributed by atoms with van der Waals surface area (Å²) >= 11 is 1.50. The van der Waals surface area contributed by atoms with Gasteiger partial charge < -0.3 is 39.8 Å². The van der Waals surface area contributed by atoms with Crippen LogP contribution in [-0.4, -0.2) is 87.1 Å². The third kappa shape index (κ3) is 9.61. The Balaban J connectivity index is 1.32. The minimum Gasteiger partial charge on any atom is -0.491 e. The first kappa shape index (κ1) is 32.1. The molecule has 2 aliphatic rings. The van der Waals surface area contributed by atoms with Gasteiger partial charge in [-0.15, -0.1) is 11.8 Å². The number of amides is 4. The molecule has 3 aromatic carbocycles. The lowest BCUT2D eigenvalue weighted by Gasteiger charge is -2.38. The number of nitrogens with one attached hydrogen (secondary N) is 3. The predicted octanol–water partition coefficient (Wildman–Crippen LogP) is 3.83. The summed E-state index contributed by atoms with van der Waals surface area (Å²) < 4.78 is 23.4. The Kier molecular flexibility index (Phi) is 11.5. The molecular weight excluding hydrogens is 596 g/mol. The minimum atomic E-state index is -0.429. The molecule has 12 heteroatoms. The Labute approximate surface area is 266 Å². The van der Waals surface area contributed by atoms with E-state index in [2.05, 4.69) is 16.0 Å². The Morgan fingerprint density at radius 1 is 0.978 bits per heavy atom. The van der Waals surface area contributed by atoms with Crippen molar-refractivity contribution in [3.8, 4) is 17.2 Å². The van der Waals surface area contributed by atoms with Gasteiger partial charge in [0.2, 0.25) is 5.91 Å². The van der Waals surface area contributed by atoms with Crippen LogP contribution in [0.3, 0.4) is 0 Å². The molecular formula is C33H38N4O7S. The molecule has 2 atom stereocenters. The summed E-state index contributed by atoms with van der Waals surface area (Å²) in [6.45, 7) is 2.24. The number of urea groups is 1. The molecule has 1 saturated heterocycles. The first-order valence-electron chi connectivity index (χ1n) is 14.9. The van der Waals surface area contributed by atoms with E-state index < -0.39 is 6.10 Å². The molecule has 45 heavy (non-hydrogen) atoms. The Morgan fingerprint density at radius 3 is 2.67 bits per heavy atom. The van der Waals surface area contributed by atoms with Gasteiger partial charge in [0.25, 0.3) is 5.91 Å². The Hall–Kier alpha value is -4.26. The van der Waals surface area contributed by atoms with Gasteiger partial charge in [0, 0.05) is 49.8 Å². The van der Waals surface area contributed by atoms with Crippen molar-refractivity contribution in [1.29, 1.82) is 0 Å². The van der Waals surface area contributed by atoms with Gasteiger partial charge in [0.05, 0.1) is 31.1 Å². The van der Waals surface area contributed by atoms with Crippen molar-refractivity contribution in [2.45, 2.75) is 30.1 Å². The molecule has 0 radical (unpaired) electrons. The van der Waals surface area contributed by atoms with E-state index in [1.165, 1.54) is 11.8 Å². The minimum absolute atomic E-state index is 0.0220. The highest BCUT2D eigenvalue weighted by Crippen LogP contribution is 2.29. The summed E-state index contributed by atoms with van der Waals surface area (Å²) in [7, 11) is 1.59. The third-order valence-electron chi connectivity index (χ3n) is 7.33. The van der Waals surface area contributed by atoms with Crippen molar-refractivity contribution in [3.05, 3.63) is 83.9 Å². The number of carbonyl (C=O) groups is 3. The number of carbonyl (C=O) groups excluding carboxylic acids is 3. The molecule has 0 saturated carbocycles. The number of nitrogens with zero attached hydrogens (tertiary/aromatic N) is 1. The largest absolute Gasteiger partial charge is 0.491 e. The van der Waals surface area contributed by atoms with E-state index in [4.69, 9.17) is 18.9 Å². The fraction of sp³-hybridized carbons (Fsp3) is 0.364. The van der Waals surface area contributed by atoms with Gasteiger partial charge in [0.1, 0.15) is 23.9 Å². The number of rotatable bonds is 7. The summed E-state index contributed by atoms with van der Waals surface area (Å²) in [6.07, 6.45) is 0.116. The quantitative estimate of drug-likeness (QED) is 0.265. The van der Waals surface area contributed by atoms with Gasteiger partial charge in [-0.1, -0.05) is 30.3 Å². The van der Waals surface area contributed by atoms with E-state index in [9.17, 15) is 14.4 Å². The smallest absolute Gasteiger partial charge is 0.315 e. The van der Waals surface area contributed by atoms with Crippen molar-refractivity contribution >= 4 is 29.6 Å². The number of hydrogen-bond donors (Lipinski definition) is 3. The number of ether oxygens (including phenoxy) is 4. The van der Waals surface area contributed by atoms with E-state index >= 15 is 0 Å². The average molecular weight is 635 g/mol. The summed E-state index contributed by atoms with van der Waals surface area (Å²) in [5, 5.41) is 8.64. The van der Waals surface area contributed by atoms with Crippen LogP contribution in [0.4, 0.5) is 4.79 Å². The number of hydrogen-bond acceptors (Lipinski definition) is 8. The van der Waals surface area contributed by atoms with E-state index in [1.807, 2.05) is 54.6 Å². The number of methoxy groups -OCH3 is 1. The lowest BCUT2D eigenvalue weighted by Crippen LogP contribution is -2.58. The number of thioether (sulfide) groups is 1. The van der Waals surface area contributed by atoms with Crippen molar-refractivity contribution in [1.82, 2.24) is 20.9 Å². The van der Waals surface area contributed by atoms with Crippen LogP contribution >= 0.6 is 11.8 Å². The van der Waals surface area contributed by atoms with E-state index in [-0.39, 0.29) is 43.6 Å². The highest BCUT2D eigenvalue weighted by molar-refractivity contribution is 8.00. The summed E-state index contributed by atoms with van der Waals surface area (Å²) in [6, 6.07) is 21.6. The normalized spacial score (nSPS) is 19.0. The molecule has 0 aliphatic carbocycles. The predicted molar refractivity (Wildman–Crippen MR) is 170 cm³/mol. The SMILES string of the molecule is COCCOc1cc2cc(c1)C(=O)NCCNC(=O)N[C@H]1CCN(C(=O)CSc3ccccc3)C[C@@H]1OCc1cccc(c1)O2. The molecule has 0 aromatic heterocycles. The standard InChI is InChI=1S/C33H38N4O7S/c1-41-14-15-42-26-17-24-18-27(19-26)44-25-7-5-6-23(16-25)21-43-30-20-37(31(38)22-45-28-8-3-2-4-9-28)13-10-29(30)36-33(40)35-12-11-34-32(24)39/h2-9,16-19,29-30H,10-15,20-22H2,1H3,(H,34,39)(H2,35,36,40)/t29-,30-/m0/s1. The second kappa shape index (κ2) is 16.2. The van der Waals surface area contributed by atoms with Crippen molar-refractivity contribution in [2.24, 2.45) is 0 Å². The van der Waals surface area contributed by atoms with Crippen LogP contribution in [-0.2, 0) is 20.9 Å². The molecule has 2 heterocycles. The highest BCUT2D eigenvalue weighted by atomic mass is 32.2. The van der Waals surface area contributed by atoms with Crippen LogP contribution in [0.1, 0.15) is 22.3 Å². The van der Waals surface area contributed by atoms with Crippen molar-refractivity contribution in [2.75, 3.05) is 52.3 Å². The first-order valence-corrected chi connectivity index (χ1v) is 15.9. The van der Waals surface area contributed by atoms with Crippen LogP contribution in [0.2, 0.25) is 0 Å². The molecule has 1 fully saturated rings. The molecule has 2 aliphatic heterocycles. The van der Waals surface area contributed by atoms with Gasteiger partial charge in [-0.05, 0) is 48.4 Å². The van der Waals surface area contributed by atoms with Crippen LogP contribution < -0.4 is 25.4 Å². The topological polar surface area (TPSA) is 127 Å². The van der Waals surface area contributed by atoms with E-state index in [1.54, 1.807) is 30.2 Å². The van der Waals surface area contributed by atoms with Gasteiger partial charge in [-0.3, -0.25) is 9.59 Å². The molecule has 5 rings (SSSR count). The zero-order chi connectivity index (χ0) is 31.4. The number of likely N-dealkylation sites (tertiary alicyclic amines) is 1. The molecule has 4 amide bonds. The highest BCUT2D eigenvalue weighted by Gasteiger charge is 2.33. The first-order chi connectivity index (χ1) is 22.0. The maximum absolute atomic E-state index is 13.1. The summed E-state index contributed by atoms with van der Waals surface area (Å²) in [4.78, 5) is 41.8. The fourth-order valence-electron chi connectivity index (χ4n) is 5.03. The lowest BCUT2D eigenvalue weighted by molar-refractivity contribution is -0.133. The average Bonchev–Trinajstić information content (AvgIpc) is 3.05. The Bertz CT molecular complexity index is 1460. The lowest BCUT2D eigenvalue weighted by atomic mass is 10.0. The van der Waals surface area contributed by atoms with E-state index in [0.29, 0.717) is 61.3 Å². The van der Waals surface area contributed by atoms with Crippen molar-refractivity contribution < 1.29 is 33.3 Å². The van der Waals surface area contributed by atoms with Crippen molar-refractivity contribution in [3.63, 3.8) is 0 Å². The monoisotopic (exact) mass is 634 g/mol. The van der Waals surface area contributed by atoms with Crippen LogP contribution in [0.15, 0.2) is 77.7 Å². The molecule has 0 spiro atoms. The maximum Gasteiger partial charge on any atom is 0.315 e. The van der Waals surface area contributed by atoms with Crippen LogP contribution in [0.5, 0.6) is 17.2 Å². The van der Waals surface area contributed by atoms with Gasteiger partial charge in [-0.25, -0.2) is 4.79 Å². The second-order valence-electron chi connectivity index (χ2n) is 10.6. The zero-order valence-electron chi connectivity index (χ0n) is 25.2. The summed E-state index contributed by atoms with van der Waals surface area (Å²) in [5.74, 6) is 1.47. The molecule has 11 nitrogen and oxygen atoms in total. The number of piperidine rings is 1. The summed E-state index contributed by atoms with van der Waals surface area (Å²) in [5.41, 5.74) is 1.21. The van der Waals surface area contributed by atoms with Gasteiger partial charge >= 0.3 is 6.03 Å². The number of fused-ring (bicyclic) bond motifs is 5. The molecule has 238 valence electrons. The molecule has 0 unspecified atom stereocenters. The third-order valence-corrected chi connectivity index (χ3v) is 8.32. The van der Waals surface area contributed by atoms with Gasteiger partial charge in [-0.2, -0.15) is 0 Å². The molecule has 3 aromatic rings. The van der Waals surface area contributed by atoms with E-state index in [0.717, 1.165) is 10.5 Å². The van der Waals surface area contributed by atoms with Crippen LogP contribution in [0.25, 0.3) is 0 Å². The Morgan fingerprint density at radius 2 is 1.82 bits per heavy atom.